The molecule has 2 N–H and O–H groups in total. The van der Waals surface area contributed by atoms with Gasteiger partial charge in [0.05, 0.1) is 4.92 Å². The maximum atomic E-state index is 11.4. The Morgan fingerprint density at radius 2 is 1.95 bits per heavy atom. The lowest BCUT2D eigenvalue weighted by Crippen LogP contribution is -2.35. The van der Waals surface area contributed by atoms with E-state index in [4.69, 9.17) is 0 Å². The zero-order valence-electron chi connectivity index (χ0n) is 13.0. The normalized spacial score (nSPS) is 12.2. The number of amides is 1. The molecule has 0 aliphatic carbocycles. The third-order valence-electron chi connectivity index (χ3n) is 3.33. The molecular formula is C15H23N3O3. The molecule has 0 saturated carbocycles. The molecule has 1 rings (SSSR count). The van der Waals surface area contributed by atoms with Crippen LogP contribution < -0.4 is 10.6 Å². The van der Waals surface area contributed by atoms with Gasteiger partial charge in [0.25, 0.3) is 5.69 Å². The van der Waals surface area contributed by atoms with Crippen molar-refractivity contribution in [2.24, 2.45) is 5.92 Å². The van der Waals surface area contributed by atoms with Gasteiger partial charge in [-0.05, 0) is 19.4 Å². The first kappa shape index (κ1) is 17.1. The Hall–Kier alpha value is -1.95. The second-order valence-electron chi connectivity index (χ2n) is 5.42. The van der Waals surface area contributed by atoms with Gasteiger partial charge in [0.1, 0.15) is 0 Å². The molecule has 116 valence electrons. The van der Waals surface area contributed by atoms with Crippen LogP contribution in [0, 0.1) is 23.0 Å². The summed E-state index contributed by atoms with van der Waals surface area (Å²) in [5, 5.41) is 17.0. The van der Waals surface area contributed by atoms with Gasteiger partial charge in [-0.2, -0.15) is 0 Å². The number of hydrogen-bond acceptors (Lipinski definition) is 4. The fourth-order valence-electron chi connectivity index (χ4n) is 1.89. The van der Waals surface area contributed by atoms with E-state index in [0.717, 1.165) is 5.56 Å². The van der Waals surface area contributed by atoms with Crippen molar-refractivity contribution < 1.29 is 9.72 Å². The van der Waals surface area contributed by atoms with Crippen molar-refractivity contribution in [1.82, 2.24) is 10.6 Å². The molecule has 1 unspecified atom stereocenters. The molecule has 0 radical (unpaired) electrons. The van der Waals surface area contributed by atoms with E-state index in [-0.39, 0.29) is 28.5 Å². The second-order valence-corrected chi connectivity index (χ2v) is 5.42. The topological polar surface area (TPSA) is 84.3 Å². The van der Waals surface area contributed by atoms with Crippen molar-refractivity contribution in [1.29, 1.82) is 0 Å². The van der Waals surface area contributed by atoms with E-state index in [1.807, 2.05) is 26.8 Å². The first-order valence-corrected chi connectivity index (χ1v) is 7.09. The van der Waals surface area contributed by atoms with Crippen molar-refractivity contribution in [3.8, 4) is 0 Å². The number of hydrogen-bond donors (Lipinski definition) is 2. The summed E-state index contributed by atoms with van der Waals surface area (Å²) in [6.45, 7) is 8.50. The molecule has 0 bridgehead atoms. The van der Waals surface area contributed by atoms with Gasteiger partial charge in [0.15, 0.2) is 0 Å². The fraction of sp³-hybridized carbons (Fsp3) is 0.533. The van der Waals surface area contributed by atoms with Gasteiger partial charge in [-0.15, -0.1) is 0 Å². The van der Waals surface area contributed by atoms with Crippen LogP contribution in [-0.4, -0.2) is 23.9 Å². The van der Waals surface area contributed by atoms with Crippen LogP contribution in [0.15, 0.2) is 18.2 Å². The number of nitrogens with one attached hydrogen (secondary N) is 2. The Morgan fingerprint density at radius 3 is 2.52 bits per heavy atom. The first-order valence-electron chi connectivity index (χ1n) is 7.09. The smallest absolute Gasteiger partial charge is 0.272 e. The van der Waals surface area contributed by atoms with E-state index in [2.05, 4.69) is 10.6 Å². The molecule has 0 aliphatic heterocycles. The summed E-state index contributed by atoms with van der Waals surface area (Å²) >= 11 is 0. The summed E-state index contributed by atoms with van der Waals surface area (Å²) in [5.41, 5.74) is 1.65. The number of nitro benzene ring substituents is 1. The third-order valence-corrected chi connectivity index (χ3v) is 3.33. The van der Waals surface area contributed by atoms with Gasteiger partial charge in [-0.1, -0.05) is 26.0 Å². The summed E-state index contributed by atoms with van der Waals surface area (Å²) in [6, 6.07) is 5.22. The van der Waals surface area contributed by atoms with Crippen molar-refractivity contribution in [2.45, 2.75) is 33.7 Å². The van der Waals surface area contributed by atoms with Crippen LogP contribution in [0.1, 0.15) is 37.9 Å². The Balaban J connectivity index is 2.53. The summed E-state index contributed by atoms with van der Waals surface area (Å²) < 4.78 is 0. The second kappa shape index (κ2) is 7.73. The summed E-state index contributed by atoms with van der Waals surface area (Å²) in [7, 11) is 0. The molecule has 6 nitrogen and oxygen atoms in total. The lowest BCUT2D eigenvalue weighted by Gasteiger charge is -2.15. The van der Waals surface area contributed by atoms with Gasteiger partial charge >= 0.3 is 0 Å². The average molecular weight is 293 g/mol. The Labute approximate surface area is 125 Å². The maximum Gasteiger partial charge on any atom is 0.272 e. The Kier molecular flexibility index (Phi) is 6.30. The molecule has 0 heterocycles. The van der Waals surface area contributed by atoms with Crippen LogP contribution in [0.25, 0.3) is 0 Å². The number of benzene rings is 1. The minimum absolute atomic E-state index is 0.0137. The molecule has 0 saturated heterocycles. The number of carbonyl (C=O) groups excluding carboxylic acids is 1. The molecule has 1 aromatic rings. The monoisotopic (exact) mass is 293 g/mol. The average Bonchev–Trinajstić information content (AvgIpc) is 2.43. The van der Waals surface area contributed by atoms with Crippen molar-refractivity contribution in [3.63, 3.8) is 0 Å². The lowest BCUT2D eigenvalue weighted by molar-refractivity contribution is -0.385. The largest absolute Gasteiger partial charge is 0.355 e. The molecule has 0 spiro atoms. The molecule has 6 heteroatoms. The molecule has 1 aromatic carbocycles. The number of aryl methyl sites for hydroxylation is 1. The lowest BCUT2D eigenvalue weighted by atomic mass is 10.0. The number of rotatable bonds is 7. The van der Waals surface area contributed by atoms with Gasteiger partial charge in [-0.3, -0.25) is 14.9 Å². The predicted octanol–water partition coefficient (Wildman–Crippen LogP) is 2.33. The number of nitrogens with zero attached hydrogens (tertiary/aromatic N) is 1. The van der Waals surface area contributed by atoms with Crippen LogP contribution in [0.3, 0.4) is 0 Å². The van der Waals surface area contributed by atoms with Crippen LogP contribution >= 0.6 is 0 Å². The molecule has 0 aliphatic rings. The minimum atomic E-state index is -0.367. The maximum absolute atomic E-state index is 11.4. The molecule has 1 atom stereocenters. The van der Waals surface area contributed by atoms with Gasteiger partial charge in [0.2, 0.25) is 5.91 Å². The predicted molar refractivity (Wildman–Crippen MR) is 82.1 cm³/mol. The molecule has 21 heavy (non-hydrogen) atoms. The zero-order chi connectivity index (χ0) is 16.0. The van der Waals surface area contributed by atoms with Crippen LogP contribution in [-0.2, 0) is 4.79 Å². The number of nitro groups is 1. The van der Waals surface area contributed by atoms with E-state index >= 15 is 0 Å². The quantitative estimate of drug-likeness (QED) is 0.459. The van der Waals surface area contributed by atoms with E-state index in [1.54, 1.807) is 19.1 Å². The van der Waals surface area contributed by atoms with Crippen molar-refractivity contribution in [2.75, 3.05) is 13.1 Å². The van der Waals surface area contributed by atoms with E-state index in [1.165, 1.54) is 0 Å². The highest BCUT2D eigenvalue weighted by Gasteiger charge is 2.14. The molecule has 0 aromatic heterocycles. The van der Waals surface area contributed by atoms with Crippen LogP contribution in [0.2, 0.25) is 0 Å². The highest BCUT2D eigenvalue weighted by atomic mass is 16.6. The standard InChI is InChI=1S/C15H23N3O3/c1-10(2)15(19)17-8-7-16-12(4)13-6-5-11(3)14(9-13)18(20)21/h5-6,9-10,12,16H,7-8H2,1-4H3,(H,17,19). The van der Waals surface area contributed by atoms with E-state index in [9.17, 15) is 14.9 Å². The number of carbonyl (C=O) groups is 1. The minimum Gasteiger partial charge on any atom is -0.355 e. The molecular weight excluding hydrogens is 270 g/mol. The summed E-state index contributed by atoms with van der Waals surface area (Å²) in [6.07, 6.45) is 0. The fourth-order valence-corrected chi connectivity index (χ4v) is 1.89. The Bertz CT molecular complexity index is 515. The van der Waals surface area contributed by atoms with E-state index in [0.29, 0.717) is 18.7 Å². The SMILES string of the molecule is Cc1ccc(C(C)NCCNC(=O)C(C)C)cc1[N+](=O)[O-]. The van der Waals surface area contributed by atoms with Gasteiger partial charge in [0, 0.05) is 36.7 Å². The van der Waals surface area contributed by atoms with Crippen LogP contribution in [0.4, 0.5) is 5.69 Å². The highest BCUT2D eigenvalue weighted by Crippen LogP contribution is 2.22. The van der Waals surface area contributed by atoms with Crippen LogP contribution in [0.5, 0.6) is 0 Å². The third kappa shape index (κ3) is 5.15. The first-order chi connectivity index (χ1) is 9.82. The van der Waals surface area contributed by atoms with E-state index < -0.39 is 0 Å². The van der Waals surface area contributed by atoms with Gasteiger partial charge < -0.3 is 10.6 Å². The summed E-state index contributed by atoms with van der Waals surface area (Å²) in [5.74, 6) is -0.00222. The highest BCUT2D eigenvalue weighted by molar-refractivity contribution is 5.77. The van der Waals surface area contributed by atoms with Crippen molar-refractivity contribution >= 4 is 11.6 Å². The zero-order valence-corrected chi connectivity index (χ0v) is 13.0. The molecule has 1 amide bonds. The Morgan fingerprint density at radius 1 is 1.29 bits per heavy atom. The van der Waals surface area contributed by atoms with Crippen molar-refractivity contribution in [3.05, 3.63) is 39.4 Å². The summed E-state index contributed by atoms with van der Waals surface area (Å²) in [4.78, 5) is 22.0. The van der Waals surface area contributed by atoms with Gasteiger partial charge in [-0.25, -0.2) is 0 Å². The molecule has 0 fully saturated rings.